The van der Waals surface area contributed by atoms with E-state index in [1.165, 1.54) is 13.2 Å². The van der Waals surface area contributed by atoms with Crippen molar-refractivity contribution in [3.63, 3.8) is 0 Å². The smallest absolute Gasteiger partial charge is 0.328 e. The van der Waals surface area contributed by atoms with Crippen LogP contribution in [0.3, 0.4) is 0 Å². The van der Waals surface area contributed by atoms with E-state index < -0.39 is 12.0 Å². The predicted octanol–water partition coefficient (Wildman–Crippen LogP) is 2.20. The van der Waals surface area contributed by atoms with Gasteiger partial charge in [0, 0.05) is 17.8 Å². The molecule has 1 heterocycles. The SMILES string of the molecule is COC(=O)[C@@H](NC(=O)C=Cc1cnn(-c2ccccc2)c1)C(C)C. The van der Waals surface area contributed by atoms with Crippen LogP contribution < -0.4 is 5.32 Å². The monoisotopic (exact) mass is 327 g/mol. The van der Waals surface area contributed by atoms with Crippen LogP contribution in [-0.4, -0.2) is 34.8 Å². The van der Waals surface area contributed by atoms with Crippen molar-refractivity contribution in [2.75, 3.05) is 7.11 Å². The fourth-order valence-electron chi connectivity index (χ4n) is 2.14. The maximum atomic E-state index is 12.0. The molecule has 0 aliphatic rings. The molecule has 6 heteroatoms. The maximum absolute atomic E-state index is 12.0. The van der Waals surface area contributed by atoms with Crippen molar-refractivity contribution in [2.45, 2.75) is 19.9 Å². The van der Waals surface area contributed by atoms with E-state index in [2.05, 4.69) is 10.4 Å². The van der Waals surface area contributed by atoms with Crippen LogP contribution in [0.15, 0.2) is 48.8 Å². The molecule has 0 unspecified atom stereocenters. The van der Waals surface area contributed by atoms with E-state index in [0.717, 1.165) is 11.3 Å². The molecule has 0 saturated carbocycles. The van der Waals surface area contributed by atoms with Crippen molar-refractivity contribution in [3.8, 4) is 5.69 Å². The Balaban J connectivity index is 2.01. The molecule has 2 aromatic rings. The molecule has 0 saturated heterocycles. The first kappa shape index (κ1) is 17.5. The summed E-state index contributed by atoms with van der Waals surface area (Å²) in [7, 11) is 1.30. The van der Waals surface area contributed by atoms with Crippen molar-refractivity contribution in [2.24, 2.45) is 5.92 Å². The van der Waals surface area contributed by atoms with Gasteiger partial charge in [0.15, 0.2) is 0 Å². The number of aromatic nitrogens is 2. The lowest BCUT2D eigenvalue weighted by Crippen LogP contribution is -2.44. The number of hydrogen-bond acceptors (Lipinski definition) is 4. The van der Waals surface area contributed by atoms with Gasteiger partial charge in [0.25, 0.3) is 0 Å². The highest BCUT2D eigenvalue weighted by atomic mass is 16.5. The summed E-state index contributed by atoms with van der Waals surface area (Å²) in [5, 5.41) is 6.90. The molecule has 0 radical (unpaired) electrons. The first-order valence-corrected chi connectivity index (χ1v) is 7.67. The van der Waals surface area contributed by atoms with Crippen LogP contribution >= 0.6 is 0 Å². The van der Waals surface area contributed by atoms with Gasteiger partial charge in [0.2, 0.25) is 5.91 Å². The van der Waals surface area contributed by atoms with Gasteiger partial charge in [-0.1, -0.05) is 32.0 Å². The van der Waals surface area contributed by atoms with Gasteiger partial charge < -0.3 is 10.1 Å². The third kappa shape index (κ3) is 4.55. The summed E-state index contributed by atoms with van der Waals surface area (Å²) < 4.78 is 6.42. The third-order valence-electron chi connectivity index (χ3n) is 3.47. The van der Waals surface area contributed by atoms with Crippen LogP contribution in [0, 0.1) is 5.92 Å². The highest BCUT2D eigenvalue weighted by Gasteiger charge is 2.23. The molecule has 0 aliphatic heterocycles. The van der Waals surface area contributed by atoms with Gasteiger partial charge in [-0.15, -0.1) is 0 Å². The zero-order valence-corrected chi connectivity index (χ0v) is 14.0. The molecule has 0 bridgehead atoms. The Morgan fingerprint density at radius 2 is 1.96 bits per heavy atom. The minimum absolute atomic E-state index is 0.0596. The largest absolute Gasteiger partial charge is 0.467 e. The second-order valence-corrected chi connectivity index (χ2v) is 5.64. The number of rotatable bonds is 6. The molecule has 1 aromatic heterocycles. The van der Waals surface area contributed by atoms with Crippen LogP contribution in [0.1, 0.15) is 19.4 Å². The molecule has 0 spiro atoms. The number of para-hydroxylation sites is 1. The Kier molecular flexibility index (Phi) is 5.89. The number of nitrogens with one attached hydrogen (secondary N) is 1. The number of benzene rings is 1. The third-order valence-corrected chi connectivity index (χ3v) is 3.47. The van der Waals surface area contributed by atoms with Gasteiger partial charge in [-0.2, -0.15) is 5.10 Å². The Bertz CT molecular complexity index is 720. The van der Waals surface area contributed by atoms with E-state index >= 15 is 0 Å². The lowest BCUT2D eigenvalue weighted by Gasteiger charge is -2.18. The molecule has 126 valence electrons. The van der Waals surface area contributed by atoms with E-state index in [-0.39, 0.29) is 11.8 Å². The summed E-state index contributed by atoms with van der Waals surface area (Å²) >= 11 is 0. The van der Waals surface area contributed by atoms with Crippen LogP contribution in [-0.2, 0) is 14.3 Å². The number of esters is 1. The van der Waals surface area contributed by atoms with Crippen molar-refractivity contribution in [1.82, 2.24) is 15.1 Å². The van der Waals surface area contributed by atoms with E-state index in [0.29, 0.717) is 0 Å². The summed E-state index contributed by atoms with van der Waals surface area (Å²) in [5.41, 5.74) is 1.72. The number of hydrogen-bond donors (Lipinski definition) is 1. The second-order valence-electron chi connectivity index (χ2n) is 5.64. The second kappa shape index (κ2) is 8.10. The zero-order valence-electron chi connectivity index (χ0n) is 14.0. The molecule has 1 amide bonds. The molecule has 1 N–H and O–H groups in total. The molecular weight excluding hydrogens is 306 g/mol. The zero-order chi connectivity index (χ0) is 17.5. The Morgan fingerprint density at radius 3 is 2.58 bits per heavy atom. The highest BCUT2D eigenvalue weighted by molar-refractivity contribution is 5.94. The summed E-state index contributed by atoms with van der Waals surface area (Å²) in [4.78, 5) is 23.6. The summed E-state index contributed by atoms with van der Waals surface area (Å²) in [5.74, 6) is -0.870. The predicted molar refractivity (Wildman–Crippen MR) is 91.4 cm³/mol. The summed E-state index contributed by atoms with van der Waals surface area (Å²) in [6.07, 6.45) is 6.51. The number of carbonyl (C=O) groups excluding carboxylic acids is 2. The molecular formula is C18H21N3O3. The minimum Gasteiger partial charge on any atom is -0.467 e. The number of nitrogens with zero attached hydrogens (tertiary/aromatic N) is 2. The van der Waals surface area contributed by atoms with Gasteiger partial charge in [-0.3, -0.25) is 4.79 Å². The first-order chi connectivity index (χ1) is 11.5. The molecule has 6 nitrogen and oxygen atoms in total. The lowest BCUT2D eigenvalue weighted by atomic mass is 10.0. The van der Waals surface area contributed by atoms with E-state index in [4.69, 9.17) is 4.74 Å². The van der Waals surface area contributed by atoms with E-state index in [1.807, 2.05) is 50.4 Å². The Hall–Kier alpha value is -2.89. The van der Waals surface area contributed by atoms with Crippen LogP contribution in [0.5, 0.6) is 0 Å². The van der Waals surface area contributed by atoms with Gasteiger partial charge in [0.1, 0.15) is 6.04 Å². The highest BCUT2D eigenvalue weighted by Crippen LogP contribution is 2.09. The molecule has 2 rings (SSSR count). The van der Waals surface area contributed by atoms with Gasteiger partial charge in [0.05, 0.1) is 19.0 Å². The van der Waals surface area contributed by atoms with Crippen LogP contribution in [0.25, 0.3) is 11.8 Å². The fraction of sp³-hybridized carbons (Fsp3) is 0.278. The van der Waals surface area contributed by atoms with Crippen LogP contribution in [0.4, 0.5) is 0 Å². The summed E-state index contributed by atoms with van der Waals surface area (Å²) in [6.45, 7) is 3.69. The molecule has 24 heavy (non-hydrogen) atoms. The average Bonchev–Trinajstić information content (AvgIpc) is 3.06. The number of carbonyl (C=O) groups is 2. The number of ether oxygens (including phenoxy) is 1. The number of methoxy groups -OCH3 is 1. The molecule has 0 aliphatic carbocycles. The molecule has 1 aromatic carbocycles. The van der Waals surface area contributed by atoms with Crippen molar-refractivity contribution < 1.29 is 14.3 Å². The van der Waals surface area contributed by atoms with Gasteiger partial charge in [-0.05, 0) is 24.1 Å². The first-order valence-electron chi connectivity index (χ1n) is 7.67. The number of amides is 1. The van der Waals surface area contributed by atoms with Crippen molar-refractivity contribution >= 4 is 18.0 Å². The quantitative estimate of drug-likeness (QED) is 0.652. The topological polar surface area (TPSA) is 73.2 Å². The van der Waals surface area contributed by atoms with E-state index in [9.17, 15) is 9.59 Å². The molecule has 0 fully saturated rings. The van der Waals surface area contributed by atoms with Crippen LogP contribution in [0.2, 0.25) is 0 Å². The van der Waals surface area contributed by atoms with Crippen molar-refractivity contribution in [1.29, 1.82) is 0 Å². The van der Waals surface area contributed by atoms with Crippen molar-refractivity contribution in [3.05, 3.63) is 54.4 Å². The Labute approximate surface area is 141 Å². The van der Waals surface area contributed by atoms with Gasteiger partial charge >= 0.3 is 5.97 Å². The maximum Gasteiger partial charge on any atom is 0.328 e. The fourth-order valence-corrected chi connectivity index (χ4v) is 2.14. The standard InChI is InChI=1S/C18H21N3O3/c1-13(2)17(18(23)24-3)20-16(22)10-9-14-11-19-21(12-14)15-7-5-4-6-8-15/h4-13,17H,1-3H3,(H,20,22)/t17-/m0/s1. The van der Waals surface area contributed by atoms with E-state index in [1.54, 1.807) is 17.0 Å². The minimum atomic E-state index is -0.667. The lowest BCUT2D eigenvalue weighted by molar-refractivity contribution is -0.145. The average molecular weight is 327 g/mol. The molecule has 1 atom stereocenters. The van der Waals surface area contributed by atoms with Gasteiger partial charge in [-0.25, -0.2) is 9.48 Å². The summed E-state index contributed by atoms with van der Waals surface area (Å²) in [6, 6.07) is 9.01. The Morgan fingerprint density at radius 1 is 1.25 bits per heavy atom. The normalized spacial score (nSPS) is 12.3.